The second-order valence-electron chi connectivity index (χ2n) is 6.92. The molecule has 1 heterocycles. The van der Waals surface area contributed by atoms with Crippen molar-refractivity contribution in [3.05, 3.63) is 60.2 Å². The number of amides is 1. The normalized spacial score (nSPS) is 13.0. The maximum atomic E-state index is 13.6. The molecular formula is C22H25FN2O4S. The Kier molecular flexibility index (Phi) is 8.51. The van der Waals surface area contributed by atoms with E-state index in [-0.39, 0.29) is 17.7 Å². The van der Waals surface area contributed by atoms with Gasteiger partial charge >= 0.3 is 0 Å². The number of unbranched alkanes of at least 4 members (excludes halogenated alkanes) is 3. The Morgan fingerprint density at radius 2 is 1.93 bits per heavy atom. The Bertz CT molecular complexity index is 999. The Morgan fingerprint density at radius 3 is 2.53 bits per heavy atom. The van der Waals surface area contributed by atoms with Crippen LogP contribution in [0.5, 0.6) is 0 Å². The molecule has 6 nitrogen and oxygen atoms in total. The third kappa shape index (κ3) is 5.43. The highest BCUT2D eigenvalue weighted by atomic mass is 32.2. The zero-order valence-corrected chi connectivity index (χ0v) is 17.6. The van der Waals surface area contributed by atoms with Gasteiger partial charge in [-0.15, -0.1) is 11.8 Å². The van der Waals surface area contributed by atoms with Crippen LogP contribution in [-0.2, 0) is 21.1 Å². The lowest BCUT2D eigenvalue weighted by molar-refractivity contribution is -0.131. The predicted octanol–water partition coefficient (Wildman–Crippen LogP) is 3.46. The lowest BCUT2D eigenvalue weighted by atomic mass is 9.95. The van der Waals surface area contributed by atoms with Crippen molar-refractivity contribution in [1.29, 1.82) is 0 Å². The summed E-state index contributed by atoms with van der Waals surface area (Å²) in [5.41, 5.74) is 1.98. The molecule has 1 aromatic carbocycles. The number of halogens is 1. The molecule has 1 amide bonds. The third-order valence-corrected chi connectivity index (χ3v) is 7.17. The fourth-order valence-electron chi connectivity index (χ4n) is 3.07. The number of benzene rings is 1. The zero-order valence-electron chi connectivity index (χ0n) is 16.8. The molecule has 30 heavy (non-hydrogen) atoms. The Labute approximate surface area is 176 Å². The van der Waals surface area contributed by atoms with Gasteiger partial charge < -0.3 is 0 Å². The Morgan fingerprint density at radius 1 is 1.20 bits per heavy atom. The smallest absolute Gasteiger partial charge is 0.266 e. The second-order valence-corrected chi connectivity index (χ2v) is 9.18. The van der Waals surface area contributed by atoms with Crippen molar-refractivity contribution in [2.45, 2.75) is 55.1 Å². The summed E-state index contributed by atoms with van der Waals surface area (Å²) in [6.45, 7) is 2.06. The number of carbonyl (C=O) groups is 1. The molecule has 1 aromatic heterocycles. The summed E-state index contributed by atoms with van der Waals surface area (Å²) in [5.74, 6) is 4.03. The maximum Gasteiger partial charge on any atom is 0.266 e. The van der Waals surface area contributed by atoms with Crippen molar-refractivity contribution in [2.24, 2.45) is 0 Å². The quantitative estimate of drug-likeness (QED) is 0.208. The monoisotopic (exact) mass is 432 g/mol. The number of hydrogen-bond donors (Lipinski definition) is 2. The summed E-state index contributed by atoms with van der Waals surface area (Å²) in [6.07, 6.45) is 5.87. The molecule has 160 valence electrons. The number of hydrogen-bond acceptors (Lipinski definition) is 5. The topological polar surface area (TPSA) is 96.4 Å². The zero-order chi connectivity index (χ0) is 22.0. The van der Waals surface area contributed by atoms with Crippen LogP contribution in [0, 0.1) is 17.7 Å². The molecular weight excluding hydrogens is 407 g/mol. The van der Waals surface area contributed by atoms with Crippen molar-refractivity contribution in [2.75, 3.05) is 0 Å². The molecule has 0 saturated carbocycles. The van der Waals surface area contributed by atoms with Crippen molar-refractivity contribution in [3.63, 3.8) is 0 Å². The molecule has 2 N–H and O–H groups in total. The van der Waals surface area contributed by atoms with Crippen LogP contribution in [0.3, 0.4) is 0 Å². The number of hydroxylamine groups is 1. The lowest BCUT2D eigenvalue weighted by Gasteiger charge is -2.29. The number of nitrogens with zero attached hydrogens (tertiary/aromatic N) is 1. The first-order valence-corrected chi connectivity index (χ1v) is 11.1. The second kappa shape index (κ2) is 10.9. The summed E-state index contributed by atoms with van der Waals surface area (Å²) >= 11 is 0. The molecule has 0 aliphatic heterocycles. The number of pyridine rings is 1. The standard InChI is InChI=1S/C22H25FN2O4S/c1-2-3-4-5-6-7-14-22(21(26)25-27,16-18-9-8-15-24-17-18)30(28,29)20-12-10-19(23)11-13-20/h8-13,15,17,27H,2-5,14,16H2,1H3,(H,25,26). The van der Waals surface area contributed by atoms with E-state index >= 15 is 0 Å². The van der Waals surface area contributed by atoms with Crippen LogP contribution in [0.4, 0.5) is 4.39 Å². The predicted molar refractivity (Wildman–Crippen MR) is 111 cm³/mol. The average molecular weight is 433 g/mol. The van der Waals surface area contributed by atoms with Gasteiger partial charge in [-0.3, -0.25) is 15.0 Å². The van der Waals surface area contributed by atoms with Crippen LogP contribution < -0.4 is 5.48 Å². The minimum absolute atomic E-state index is 0.232. The fraction of sp³-hybridized carbons (Fsp3) is 0.364. The summed E-state index contributed by atoms with van der Waals surface area (Å²) in [7, 11) is -4.36. The molecule has 0 saturated heterocycles. The average Bonchev–Trinajstić information content (AvgIpc) is 2.75. The van der Waals surface area contributed by atoms with Crippen molar-refractivity contribution < 1.29 is 22.8 Å². The van der Waals surface area contributed by atoms with Gasteiger partial charge in [-0.25, -0.2) is 18.3 Å². The number of aromatic nitrogens is 1. The van der Waals surface area contributed by atoms with Crippen LogP contribution in [-0.4, -0.2) is 29.3 Å². The highest BCUT2D eigenvalue weighted by molar-refractivity contribution is 7.93. The lowest BCUT2D eigenvalue weighted by Crippen LogP contribution is -2.53. The van der Waals surface area contributed by atoms with Gasteiger partial charge in [0.25, 0.3) is 5.91 Å². The Balaban J connectivity index is 2.54. The third-order valence-electron chi connectivity index (χ3n) is 4.77. The molecule has 0 bridgehead atoms. The summed E-state index contributed by atoms with van der Waals surface area (Å²) in [5, 5.41) is 9.39. The first-order valence-electron chi connectivity index (χ1n) is 9.66. The van der Waals surface area contributed by atoms with E-state index in [4.69, 9.17) is 0 Å². The molecule has 1 unspecified atom stereocenters. The van der Waals surface area contributed by atoms with E-state index in [1.165, 1.54) is 17.9 Å². The van der Waals surface area contributed by atoms with Gasteiger partial charge in [-0.05, 0) is 42.3 Å². The Hall–Kier alpha value is -2.76. The maximum absolute atomic E-state index is 13.6. The van der Waals surface area contributed by atoms with Gasteiger partial charge in [-0.2, -0.15) is 0 Å². The first-order chi connectivity index (χ1) is 14.4. The fourth-order valence-corrected chi connectivity index (χ4v) is 4.92. The molecule has 8 heteroatoms. The number of sulfone groups is 1. The van der Waals surface area contributed by atoms with Crippen LogP contribution >= 0.6 is 0 Å². The van der Waals surface area contributed by atoms with Gasteiger partial charge in [0.15, 0.2) is 14.6 Å². The number of rotatable bonds is 9. The van der Waals surface area contributed by atoms with Crippen LogP contribution in [0.15, 0.2) is 53.7 Å². The van der Waals surface area contributed by atoms with E-state index in [0.29, 0.717) is 12.0 Å². The van der Waals surface area contributed by atoms with E-state index in [0.717, 1.165) is 43.5 Å². The number of nitrogens with one attached hydrogen (secondary N) is 1. The van der Waals surface area contributed by atoms with Gasteiger partial charge in [0.05, 0.1) is 4.90 Å². The summed E-state index contributed by atoms with van der Waals surface area (Å²) < 4.78 is 38.3. The summed E-state index contributed by atoms with van der Waals surface area (Å²) in [4.78, 5) is 16.5. The van der Waals surface area contributed by atoms with Crippen LogP contribution in [0.2, 0.25) is 0 Å². The van der Waals surface area contributed by atoms with Crippen LogP contribution in [0.1, 0.15) is 44.6 Å². The van der Waals surface area contributed by atoms with E-state index in [2.05, 4.69) is 23.7 Å². The van der Waals surface area contributed by atoms with Gasteiger partial charge in [-0.1, -0.05) is 25.8 Å². The van der Waals surface area contributed by atoms with Gasteiger partial charge in [0.1, 0.15) is 5.82 Å². The SMILES string of the molecule is CCCCCC#CCC(Cc1cccnc1)(C(=O)NO)S(=O)(=O)c1ccc(F)cc1. The minimum Gasteiger partial charge on any atom is -0.289 e. The van der Waals surface area contributed by atoms with E-state index in [1.807, 2.05) is 0 Å². The van der Waals surface area contributed by atoms with Gasteiger partial charge in [0, 0.05) is 31.7 Å². The minimum atomic E-state index is -4.36. The molecule has 0 radical (unpaired) electrons. The van der Waals surface area contributed by atoms with Crippen molar-refractivity contribution in [3.8, 4) is 11.8 Å². The molecule has 2 rings (SSSR count). The summed E-state index contributed by atoms with van der Waals surface area (Å²) in [6, 6.07) is 7.48. The molecule has 0 fully saturated rings. The molecule has 0 aliphatic rings. The van der Waals surface area contributed by atoms with Crippen molar-refractivity contribution in [1.82, 2.24) is 10.5 Å². The van der Waals surface area contributed by atoms with Crippen LogP contribution in [0.25, 0.3) is 0 Å². The van der Waals surface area contributed by atoms with E-state index < -0.39 is 26.3 Å². The first kappa shape index (κ1) is 23.5. The number of carbonyl (C=O) groups excluding carboxylic acids is 1. The van der Waals surface area contributed by atoms with E-state index in [9.17, 15) is 22.8 Å². The van der Waals surface area contributed by atoms with Crippen molar-refractivity contribution >= 4 is 15.7 Å². The highest BCUT2D eigenvalue weighted by Gasteiger charge is 2.51. The molecule has 2 aromatic rings. The highest BCUT2D eigenvalue weighted by Crippen LogP contribution is 2.33. The van der Waals surface area contributed by atoms with Gasteiger partial charge in [0.2, 0.25) is 0 Å². The molecule has 0 aliphatic carbocycles. The molecule has 1 atom stereocenters. The van der Waals surface area contributed by atoms with E-state index in [1.54, 1.807) is 12.1 Å². The largest absolute Gasteiger partial charge is 0.289 e. The molecule has 0 spiro atoms.